The van der Waals surface area contributed by atoms with Gasteiger partial charge in [0.25, 0.3) is 7.37 Å². The third-order valence-corrected chi connectivity index (χ3v) is 6.06. The summed E-state index contributed by atoms with van der Waals surface area (Å²) in [6, 6.07) is 12.8. The van der Waals surface area contributed by atoms with Gasteiger partial charge in [-0.25, -0.2) is 4.79 Å². The van der Waals surface area contributed by atoms with E-state index in [1.165, 1.54) is 0 Å². The molecule has 0 spiro atoms. The summed E-state index contributed by atoms with van der Waals surface area (Å²) in [6.07, 6.45) is 0.284. The molecule has 0 aliphatic rings. The van der Waals surface area contributed by atoms with E-state index in [2.05, 4.69) is 0 Å². The van der Waals surface area contributed by atoms with Crippen LogP contribution in [0.15, 0.2) is 42.5 Å². The van der Waals surface area contributed by atoms with Gasteiger partial charge >= 0.3 is 5.97 Å². The van der Waals surface area contributed by atoms with E-state index in [1.807, 2.05) is 39.0 Å². The number of benzene rings is 2. The fourth-order valence-corrected chi connectivity index (χ4v) is 4.22. The molecule has 0 aromatic heterocycles. The molecule has 4 heteroatoms. The van der Waals surface area contributed by atoms with E-state index in [0.717, 1.165) is 16.7 Å². The topological polar surface area (TPSA) is 43.4 Å². The third kappa shape index (κ3) is 3.31. The van der Waals surface area contributed by atoms with Gasteiger partial charge in [0.2, 0.25) is 0 Å². The van der Waals surface area contributed by atoms with Crippen molar-refractivity contribution in [3.63, 3.8) is 0 Å². The average Bonchev–Trinajstić information content (AvgIpc) is 2.46. The fraction of sp³-hybridized carbons (Fsp3) is 0.278. The minimum absolute atomic E-state index is 0.284. The maximum absolute atomic E-state index is 13.0. The van der Waals surface area contributed by atoms with Crippen LogP contribution in [0.3, 0.4) is 0 Å². The van der Waals surface area contributed by atoms with Gasteiger partial charge in [-0.1, -0.05) is 42.8 Å². The first-order valence-corrected chi connectivity index (χ1v) is 9.15. The molecule has 0 saturated carbocycles. The van der Waals surface area contributed by atoms with Crippen LogP contribution in [0.25, 0.3) is 0 Å². The molecule has 3 nitrogen and oxygen atoms in total. The van der Waals surface area contributed by atoms with E-state index >= 15 is 0 Å². The van der Waals surface area contributed by atoms with E-state index in [4.69, 9.17) is 4.52 Å². The second-order valence-corrected chi connectivity index (χ2v) is 8.16. The van der Waals surface area contributed by atoms with Crippen LogP contribution >= 0.6 is 7.37 Å². The smallest absolute Gasteiger partial charge is 0.343 e. The molecule has 0 N–H and O–H groups in total. The predicted molar refractivity (Wildman–Crippen MR) is 90.3 cm³/mol. The van der Waals surface area contributed by atoms with Crippen LogP contribution < -0.4 is 5.30 Å². The van der Waals surface area contributed by atoms with Crippen molar-refractivity contribution in [1.29, 1.82) is 0 Å². The van der Waals surface area contributed by atoms with E-state index in [0.29, 0.717) is 10.9 Å². The summed E-state index contributed by atoms with van der Waals surface area (Å²) in [5.41, 5.74) is 3.29. The van der Waals surface area contributed by atoms with E-state index < -0.39 is 13.3 Å². The van der Waals surface area contributed by atoms with Gasteiger partial charge in [0.1, 0.15) is 0 Å². The van der Waals surface area contributed by atoms with Crippen LogP contribution in [0.2, 0.25) is 0 Å². The molecule has 22 heavy (non-hydrogen) atoms. The average molecular weight is 316 g/mol. The lowest BCUT2D eigenvalue weighted by molar-refractivity contribution is 0.0742. The summed E-state index contributed by atoms with van der Waals surface area (Å²) in [5, 5.41) is 0.577. The van der Waals surface area contributed by atoms with Crippen molar-refractivity contribution in [1.82, 2.24) is 0 Å². The summed E-state index contributed by atoms with van der Waals surface area (Å²) < 4.78 is 18.5. The van der Waals surface area contributed by atoms with Crippen LogP contribution in [-0.4, -0.2) is 12.1 Å². The zero-order valence-corrected chi connectivity index (χ0v) is 14.3. The largest absolute Gasteiger partial charge is 0.404 e. The van der Waals surface area contributed by atoms with Gasteiger partial charge in [-0.2, -0.15) is 0 Å². The van der Waals surface area contributed by atoms with Crippen LogP contribution in [0, 0.1) is 20.8 Å². The minimum atomic E-state index is -3.18. The quantitative estimate of drug-likeness (QED) is 0.786. The normalized spacial score (nSPS) is 13.5. The maximum atomic E-state index is 13.0. The van der Waals surface area contributed by atoms with Gasteiger partial charge in [0.15, 0.2) is 0 Å². The first-order chi connectivity index (χ1) is 10.4. The highest BCUT2D eigenvalue weighted by molar-refractivity contribution is 7.67. The lowest BCUT2D eigenvalue weighted by Crippen LogP contribution is -2.15. The molecule has 0 aliphatic carbocycles. The second kappa shape index (κ2) is 6.50. The molecule has 2 rings (SSSR count). The maximum Gasteiger partial charge on any atom is 0.343 e. The van der Waals surface area contributed by atoms with Crippen molar-refractivity contribution in [3.8, 4) is 0 Å². The molecular formula is C18H21O3P. The molecule has 0 radical (unpaired) electrons. The van der Waals surface area contributed by atoms with E-state index in [9.17, 15) is 9.36 Å². The summed E-state index contributed by atoms with van der Waals surface area (Å²) in [4.78, 5) is 12.6. The van der Waals surface area contributed by atoms with Gasteiger partial charge in [-0.05, 0) is 44.0 Å². The third-order valence-electron chi connectivity index (χ3n) is 3.68. The summed E-state index contributed by atoms with van der Waals surface area (Å²) in [5.74, 6) is -0.510. The first kappa shape index (κ1) is 16.5. The van der Waals surface area contributed by atoms with Crippen LogP contribution in [0.1, 0.15) is 34.0 Å². The van der Waals surface area contributed by atoms with Crippen molar-refractivity contribution in [2.45, 2.75) is 27.7 Å². The Bertz CT molecular complexity index is 712. The Labute approximate surface area is 131 Å². The lowest BCUT2D eigenvalue weighted by atomic mass is 10.0. The van der Waals surface area contributed by atoms with Crippen molar-refractivity contribution in [3.05, 3.63) is 64.7 Å². The molecule has 0 amide bonds. The molecule has 0 fully saturated rings. The SMILES string of the molecule is CC[P@](=O)(OC(=O)c1c(C)cc(C)cc1C)c1ccccc1. The van der Waals surface area contributed by atoms with Crippen LogP contribution in [0.4, 0.5) is 0 Å². The number of hydrogen-bond acceptors (Lipinski definition) is 3. The summed E-state index contributed by atoms with van der Waals surface area (Å²) in [6.45, 7) is 7.50. The first-order valence-electron chi connectivity index (χ1n) is 7.34. The summed E-state index contributed by atoms with van der Waals surface area (Å²) in [7, 11) is -3.18. The fourth-order valence-electron chi connectivity index (χ4n) is 2.64. The molecule has 2 aromatic carbocycles. The molecule has 2 aromatic rings. The standard InChI is InChI=1S/C18H21O3P/c1-5-22(20,16-9-7-6-8-10-16)21-18(19)17-14(3)11-13(2)12-15(17)4/h6-12H,5H2,1-4H3/t22-/m0/s1. The molecule has 1 atom stereocenters. The predicted octanol–water partition coefficient (Wildman–Crippen LogP) is 4.39. The minimum Gasteiger partial charge on any atom is -0.404 e. The lowest BCUT2D eigenvalue weighted by Gasteiger charge is -2.18. The number of rotatable bonds is 4. The van der Waals surface area contributed by atoms with Crippen molar-refractivity contribution in [2.75, 3.05) is 6.16 Å². The van der Waals surface area contributed by atoms with Crippen molar-refractivity contribution in [2.24, 2.45) is 0 Å². The number of carbonyl (C=O) groups excluding carboxylic acids is 1. The zero-order valence-electron chi connectivity index (χ0n) is 13.4. The molecule has 0 heterocycles. The zero-order chi connectivity index (χ0) is 16.3. The Balaban J connectivity index is 2.37. The van der Waals surface area contributed by atoms with E-state index in [-0.39, 0.29) is 6.16 Å². The molecule has 0 unspecified atom stereocenters. The Kier molecular flexibility index (Phi) is 4.87. The Morgan fingerprint density at radius 1 is 1.05 bits per heavy atom. The molecule has 0 saturated heterocycles. The van der Waals surface area contributed by atoms with Crippen molar-refractivity contribution < 1.29 is 13.9 Å². The van der Waals surface area contributed by atoms with Gasteiger partial charge in [-0.3, -0.25) is 4.57 Å². The molecular weight excluding hydrogens is 295 g/mol. The van der Waals surface area contributed by atoms with Gasteiger partial charge < -0.3 is 4.52 Å². The summed E-state index contributed by atoms with van der Waals surface area (Å²) >= 11 is 0. The van der Waals surface area contributed by atoms with Crippen LogP contribution in [0.5, 0.6) is 0 Å². The molecule has 116 valence electrons. The van der Waals surface area contributed by atoms with Crippen molar-refractivity contribution >= 4 is 18.6 Å². The number of hydrogen-bond donors (Lipinski definition) is 0. The number of aryl methyl sites for hydroxylation is 3. The second-order valence-electron chi connectivity index (χ2n) is 5.48. The van der Waals surface area contributed by atoms with Gasteiger partial charge in [-0.15, -0.1) is 0 Å². The van der Waals surface area contributed by atoms with Gasteiger partial charge in [0.05, 0.1) is 5.56 Å². The van der Waals surface area contributed by atoms with E-state index in [1.54, 1.807) is 31.2 Å². The van der Waals surface area contributed by atoms with Crippen LogP contribution in [-0.2, 0) is 9.09 Å². The highest BCUT2D eigenvalue weighted by Crippen LogP contribution is 2.46. The highest BCUT2D eigenvalue weighted by Gasteiger charge is 2.29. The highest BCUT2D eigenvalue weighted by atomic mass is 31.2. The Morgan fingerprint density at radius 3 is 2.09 bits per heavy atom. The monoisotopic (exact) mass is 316 g/mol. The van der Waals surface area contributed by atoms with Gasteiger partial charge in [0, 0.05) is 11.5 Å². The Hall–Kier alpha value is -1.86. The molecule has 0 bridgehead atoms. The molecule has 0 aliphatic heterocycles. The Morgan fingerprint density at radius 2 is 1.59 bits per heavy atom. The number of carbonyl (C=O) groups is 1.